The maximum atomic E-state index is 11.9. The molecule has 0 bridgehead atoms. The van der Waals surface area contributed by atoms with Crippen LogP contribution in [0.3, 0.4) is 0 Å². The molecule has 0 radical (unpaired) electrons. The molecule has 0 aliphatic heterocycles. The molecule has 0 unspecified atom stereocenters. The fourth-order valence-corrected chi connectivity index (χ4v) is 2.76. The number of carbonyl (C=O) groups is 1. The molecule has 27 heavy (non-hydrogen) atoms. The van der Waals surface area contributed by atoms with Gasteiger partial charge in [-0.2, -0.15) is 0 Å². The van der Waals surface area contributed by atoms with Crippen LogP contribution in [0.2, 0.25) is 5.02 Å². The number of aliphatic carboxylic acids is 1. The summed E-state index contributed by atoms with van der Waals surface area (Å²) in [6.45, 7) is 9.12. The number of rotatable bonds is 8. The minimum absolute atomic E-state index is 0.00692. The number of nitrogens with zero attached hydrogens (tertiary/aromatic N) is 3. The van der Waals surface area contributed by atoms with Crippen LogP contribution in [0.5, 0.6) is 5.75 Å². The van der Waals surface area contributed by atoms with Crippen LogP contribution in [-0.4, -0.2) is 34.4 Å². The van der Waals surface area contributed by atoms with Gasteiger partial charge in [0.05, 0.1) is 11.4 Å². The summed E-state index contributed by atoms with van der Waals surface area (Å²) in [6, 6.07) is 9.05. The number of aromatic nitrogens is 1. The Bertz CT molecular complexity index is 881. The van der Waals surface area contributed by atoms with Crippen molar-refractivity contribution in [3.63, 3.8) is 0 Å². The molecule has 1 aromatic heterocycles. The van der Waals surface area contributed by atoms with Gasteiger partial charge in [-0.25, -0.2) is 4.79 Å². The maximum absolute atomic E-state index is 11.9. The molecule has 0 saturated carbocycles. The first-order valence-corrected chi connectivity index (χ1v) is 8.66. The van der Waals surface area contributed by atoms with Crippen molar-refractivity contribution < 1.29 is 14.6 Å². The molecule has 2 aromatic rings. The number of aryl methyl sites for hydroxylation is 2. The summed E-state index contributed by atoms with van der Waals surface area (Å²) in [6.07, 6.45) is 1.67. The first kappa shape index (κ1) is 20.5. The molecule has 2 rings (SSSR count). The highest BCUT2D eigenvalue weighted by Crippen LogP contribution is 2.22. The summed E-state index contributed by atoms with van der Waals surface area (Å²) in [5.41, 5.74) is 2.93. The quantitative estimate of drug-likeness (QED) is 0.417. The third-order valence-corrected chi connectivity index (χ3v) is 4.34. The largest absolute Gasteiger partial charge is 0.477 e. The van der Waals surface area contributed by atoms with Crippen LogP contribution in [0.25, 0.3) is 0 Å². The van der Waals surface area contributed by atoms with Gasteiger partial charge in [0.15, 0.2) is 6.73 Å². The molecule has 1 heterocycles. The lowest BCUT2D eigenvalue weighted by molar-refractivity contribution is -0.135. The van der Waals surface area contributed by atoms with Crippen LogP contribution in [-0.2, 0) is 11.3 Å². The summed E-state index contributed by atoms with van der Waals surface area (Å²) < 4.78 is 5.84. The van der Waals surface area contributed by atoms with Crippen molar-refractivity contribution in [3.05, 3.63) is 69.8 Å². The number of carboxylic acid groups (broad SMARTS) is 1. The van der Waals surface area contributed by atoms with Gasteiger partial charge in [-0.05, 0) is 62.9 Å². The summed E-state index contributed by atoms with van der Waals surface area (Å²) in [7, 11) is 0. The summed E-state index contributed by atoms with van der Waals surface area (Å²) in [5.74, 6) is -0.523. The molecule has 0 aliphatic carbocycles. The highest BCUT2D eigenvalue weighted by Gasteiger charge is 2.22. The average molecular weight is 388 g/mol. The fraction of sp³-hybridized carbons (Fsp3) is 0.250. The molecule has 142 valence electrons. The molecule has 1 aromatic carbocycles. The van der Waals surface area contributed by atoms with Crippen molar-refractivity contribution in [2.45, 2.75) is 27.3 Å². The number of pyridine rings is 1. The van der Waals surface area contributed by atoms with Gasteiger partial charge in [0, 0.05) is 17.8 Å². The van der Waals surface area contributed by atoms with E-state index in [1.807, 2.05) is 26.0 Å². The van der Waals surface area contributed by atoms with Gasteiger partial charge in [0.1, 0.15) is 11.4 Å². The van der Waals surface area contributed by atoms with Gasteiger partial charge in [-0.1, -0.05) is 17.7 Å². The monoisotopic (exact) mass is 387 g/mol. The third-order valence-electron chi connectivity index (χ3n) is 4.11. The molecule has 0 amide bonds. The van der Waals surface area contributed by atoms with E-state index >= 15 is 0 Å². The van der Waals surface area contributed by atoms with E-state index in [0.29, 0.717) is 23.0 Å². The zero-order valence-electron chi connectivity index (χ0n) is 15.6. The third kappa shape index (κ3) is 5.31. The van der Waals surface area contributed by atoms with Crippen molar-refractivity contribution in [2.75, 3.05) is 6.73 Å². The van der Waals surface area contributed by atoms with E-state index in [1.165, 1.54) is 0 Å². The number of halogens is 1. The van der Waals surface area contributed by atoms with E-state index in [-0.39, 0.29) is 12.4 Å². The van der Waals surface area contributed by atoms with Crippen molar-refractivity contribution in [1.29, 1.82) is 0 Å². The van der Waals surface area contributed by atoms with E-state index in [9.17, 15) is 9.90 Å². The second-order valence-corrected chi connectivity index (χ2v) is 6.46. The number of hydrogen-bond donors (Lipinski definition) is 1. The van der Waals surface area contributed by atoms with Gasteiger partial charge in [0.25, 0.3) is 0 Å². The second kappa shape index (κ2) is 9.19. The fourth-order valence-electron chi connectivity index (χ4n) is 2.57. The molecule has 7 heteroatoms. The van der Waals surface area contributed by atoms with Crippen molar-refractivity contribution in [3.8, 4) is 5.75 Å². The number of benzene rings is 1. The normalized spacial score (nSPS) is 11.6. The molecule has 0 spiro atoms. The number of hydrogen-bond acceptors (Lipinski definition) is 5. The maximum Gasteiger partial charge on any atom is 0.354 e. The van der Waals surface area contributed by atoms with E-state index in [0.717, 1.165) is 16.8 Å². The first-order chi connectivity index (χ1) is 12.8. The van der Waals surface area contributed by atoms with Crippen LogP contribution >= 0.6 is 11.6 Å². The average Bonchev–Trinajstić information content (AvgIpc) is 2.63. The van der Waals surface area contributed by atoms with Gasteiger partial charge >= 0.3 is 5.97 Å². The Morgan fingerprint density at radius 1 is 1.37 bits per heavy atom. The van der Waals surface area contributed by atoms with E-state index in [4.69, 9.17) is 16.3 Å². The Labute approximate surface area is 163 Å². The first-order valence-electron chi connectivity index (χ1n) is 8.28. The number of aliphatic imine (C=N–C) groups is 1. The standard InChI is InChI=1S/C20H22ClN3O3/c1-13-7-8-17(21)10-16(13)11-24(19(20(25)26)15(3)22-4)12-27-18-6-5-9-23-14(18)2/h5-10H,4,11-12H2,1-3H3,(H,25,26)/b19-15-. The lowest BCUT2D eigenvalue weighted by Gasteiger charge is -2.27. The topological polar surface area (TPSA) is 75.0 Å². The summed E-state index contributed by atoms with van der Waals surface area (Å²) >= 11 is 6.11. The Morgan fingerprint density at radius 2 is 2.11 bits per heavy atom. The van der Waals surface area contributed by atoms with Crippen LogP contribution in [0.1, 0.15) is 23.7 Å². The van der Waals surface area contributed by atoms with Crippen LogP contribution in [0.15, 0.2) is 52.9 Å². The molecule has 0 saturated heterocycles. The number of ether oxygens (including phenoxy) is 1. The van der Waals surface area contributed by atoms with Gasteiger partial charge in [-0.15, -0.1) is 0 Å². The number of carboxylic acids is 1. The van der Waals surface area contributed by atoms with Gasteiger partial charge in [-0.3, -0.25) is 9.98 Å². The van der Waals surface area contributed by atoms with Crippen molar-refractivity contribution in [1.82, 2.24) is 9.88 Å². The minimum Gasteiger partial charge on any atom is -0.477 e. The minimum atomic E-state index is -1.11. The van der Waals surface area contributed by atoms with E-state index in [2.05, 4.69) is 16.7 Å². The summed E-state index contributed by atoms with van der Waals surface area (Å²) in [5, 5.41) is 10.3. The lowest BCUT2D eigenvalue weighted by Crippen LogP contribution is -2.32. The predicted octanol–water partition coefficient (Wildman–Crippen LogP) is 4.21. The van der Waals surface area contributed by atoms with E-state index < -0.39 is 5.97 Å². The molecule has 6 nitrogen and oxygen atoms in total. The van der Waals surface area contributed by atoms with Crippen molar-refractivity contribution in [2.24, 2.45) is 4.99 Å². The summed E-state index contributed by atoms with van der Waals surface area (Å²) in [4.78, 5) is 21.5. The van der Waals surface area contributed by atoms with Crippen LogP contribution in [0.4, 0.5) is 0 Å². The molecule has 1 N–H and O–H groups in total. The zero-order valence-corrected chi connectivity index (χ0v) is 16.3. The lowest BCUT2D eigenvalue weighted by atomic mass is 10.1. The molecular weight excluding hydrogens is 366 g/mol. The van der Waals surface area contributed by atoms with Crippen molar-refractivity contribution >= 4 is 24.3 Å². The Morgan fingerprint density at radius 3 is 2.74 bits per heavy atom. The Kier molecular flexibility index (Phi) is 6.96. The number of allylic oxidation sites excluding steroid dienone is 1. The SMILES string of the molecule is C=N/C(C)=C(/C(=O)O)N(COc1cccnc1C)Cc1cc(Cl)ccc1C. The smallest absolute Gasteiger partial charge is 0.354 e. The highest BCUT2D eigenvalue weighted by atomic mass is 35.5. The Balaban J connectivity index is 2.38. The predicted molar refractivity (Wildman–Crippen MR) is 106 cm³/mol. The van der Waals surface area contributed by atoms with Crippen LogP contribution < -0.4 is 4.74 Å². The van der Waals surface area contributed by atoms with Crippen LogP contribution in [0, 0.1) is 13.8 Å². The molecule has 0 atom stereocenters. The highest BCUT2D eigenvalue weighted by molar-refractivity contribution is 6.30. The molecular formula is C20H22ClN3O3. The van der Waals surface area contributed by atoms with E-state index in [1.54, 1.807) is 36.2 Å². The zero-order chi connectivity index (χ0) is 20.0. The molecule has 0 aliphatic rings. The second-order valence-electron chi connectivity index (χ2n) is 6.03. The Hall–Kier alpha value is -2.86. The van der Waals surface area contributed by atoms with Gasteiger partial charge < -0.3 is 14.7 Å². The molecule has 0 fully saturated rings. The van der Waals surface area contributed by atoms with Gasteiger partial charge in [0.2, 0.25) is 0 Å².